The molecule has 4 rings (SSSR count). The average Bonchev–Trinajstić information content (AvgIpc) is 3.56. The van der Waals surface area contributed by atoms with Crippen LogP contribution in [0.4, 0.5) is 0 Å². The van der Waals surface area contributed by atoms with E-state index in [1.54, 1.807) is 31.2 Å². The molecule has 0 unspecified atom stereocenters. The summed E-state index contributed by atoms with van der Waals surface area (Å²) in [6.45, 7) is 3.26. The largest absolute Gasteiger partial charge is 0.497 e. The molecule has 5 N–H and O–H groups in total. The maximum atomic E-state index is 13.8. The number of nitrogens with one attached hydrogen (secondary N) is 3. The van der Waals surface area contributed by atoms with Crippen LogP contribution >= 0.6 is 0 Å². The summed E-state index contributed by atoms with van der Waals surface area (Å²) < 4.78 is 15.8. The third kappa shape index (κ3) is 8.83. The molecule has 0 bridgehead atoms. The van der Waals surface area contributed by atoms with Gasteiger partial charge < -0.3 is 40.4 Å². The van der Waals surface area contributed by atoms with Gasteiger partial charge in [0.1, 0.15) is 29.5 Å². The first-order chi connectivity index (χ1) is 20.6. The molecule has 5 atom stereocenters. The maximum absolute atomic E-state index is 13.8. The highest BCUT2D eigenvalue weighted by Crippen LogP contribution is 2.31. The quantitative estimate of drug-likeness (QED) is 0.128. The van der Waals surface area contributed by atoms with E-state index in [2.05, 4.69) is 22.0 Å². The highest BCUT2D eigenvalue weighted by Gasteiger charge is 2.50. The molecule has 1 aromatic carbocycles. The summed E-state index contributed by atoms with van der Waals surface area (Å²) in [5.41, 5.74) is 0.344. The summed E-state index contributed by atoms with van der Waals surface area (Å²) in [5.74, 6) is -1.92. The summed E-state index contributed by atoms with van der Waals surface area (Å²) in [7, 11) is 1.49. The Morgan fingerprint density at radius 2 is 1.74 bits per heavy atom. The number of epoxide rings is 1. The van der Waals surface area contributed by atoms with E-state index in [9.17, 15) is 29.4 Å². The first-order valence-corrected chi connectivity index (χ1v) is 14.6. The van der Waals surface area contributed by atoms with E-state index in [-0.39, 0.29) is 18.9 Å². The van der Waals surface area contributed by atoms with E-state index >= 15 is 0 Å². The Bertz CT molecular complexity index is 1180. The number of amides is 3. The highest BCUT2D eigenvalue weighted by atomic mass is 16.6. The fourth-order valence-electron chi connectivity index (χ4n) is 5.21. The van der Waals surface area contributed by atoms with Crippen molar-refractivity contribution in [3.05, 3.63) is 41.5 Å². The predicted octanol–water partition coefficient (Wildman–Crippen LogP) is -0.634. The molecule has 0 radical (unpaired) electrons. The molecule has 13 nitrogen and oxygen atoms in total. The van der Waals surface area contributed by atoms with Crippen LogP contribution in [0.1, 0.15) is 44.3 Å². The molecule has 0 aromatic heterocycles. The Hall–Kier alpha value is -3.36. The summed E-state index contributed by atoms with van der Waals surface area (Å²) in [5, 5.41) is 29.0. The van der Waals surface area contributed by atoms with E-state index in [0.29, 0.717) is 44.0 Å². The monoisotopic (exact) mass is 602 g/mol. The molecule has 2 heterocycles. The molecule has 236 valence electrons. The second-order valence-electron chi connectivity index (χ2n) is 11.3. The average molecular weight is 603 g/mol. The molecule has 2 fully saturated rings. The van der Waals surface area contributed by atoms with Crippen LogP contribution in [0.15, 0.2) is 35.9 Å². The smallest absolute Gasteiger partial charge is 0.246 e. The van der Waals surface area contributed by atoms with Crippen LogP contribution in [0, 0.1) is 0 Å². The van der Waals surface area contributed by atoms with Crippen molar-refractivity contribution in [1.82, 2.24) is 20.9 Å². The van der Waals surface area contributed by atoms with Gasteiger partial charge in [0.25, 0.3) is 0 Å². The summed E-state index contributed by atoms with van der Waals surface area (Å²) in [6, 6.07) is 2.42. The van der Waals surface area contributed by atoms with Gasteiger partial charge in [-0.25, -0.2) is 0 Å². The van der Waals surface area contributed by atoms with Gasteiger partial charge >= 0.3 is 0 Å². The van der Waals surface area contributed by atoms with Crippen molar-refractivity contribution in [1.29, 1.82) is 0 Å². The predicted molar refractivity (Wildman–Crippen MR) is 154 cm³/mol. The molecule has 1 aliphatic carbocycles. The van der Waals surface area contributed by atoms with Gasteiger partial charge in [-0.05, 0) is 50.3 Å². The Kier molecular flexibility index (Phi) is 11.3. The van der Waals surface area contributed by atoms with E-state index in [4.69, 9.17) is 14.2 Å². The minimum absolute atomic E-state index is 0.00596. The third-order valence-electron chi connectivity index (χ3n) is 7.99. The van der Waals surface area contributed by atoms with Crippen molar-refractivity contribution < 1.29 is 43.6 Å². The van der Waals surface area contributed by atoms with Gasteiger partial charge in [0.2, 0.25) is 17.7 Å². The Labute approximate surface area is 250 Å². The number of carbonyl (C=O) groups excluding carboxylic acids is 4. The van der Waals surface area contributed by atoms with Crippen molar-refractivity contribution >= 4 is 23.5 Å². The fourth-order valence-corrected chi connectivity index (χ4v) is 5.21. The Morgan fingerprint density at radius 1 is 1.05 bits per heavy atom. The standard InChI is InChI=1S/C30H42N4O9/c1-30(18-43-30)27(38)22(15-19-5-3-4-6-19)32-29(40)25(26(37)20-7-9-21(41-2)10-8-20)33-28(39)23(17-35)31-24(36)16-34-11-13-42-14-12-34/h5,7-10,22-23,25-26,35,37H,3-4,6,11-18H2,1-2H3,(H,31,36)(H,32,40)(H,33,39)/t22-,23-,25-,26+,30-/m0/s1. The molecule has 2 aliphatic heterocycles. The zero-order valence-electron chi connectivity index (χ0n) is 24.7. The van der Waals surface area contributed by atoms with Crippen molar-refractivity contribution in [3.8, 4) is 5.75 Å². The lowest BCUT2D eigenvalue weighted by molar-refractivity contribution is -0.137. The van der Waals surface area contributed by atoms with Crippen LogP contribution in [0.25, 0.3) is 0 Å². The topological polar surface area (TPSA) is 179 Å². The number of morpholine rings is 1. The van der Waals surface area contributed by atoms with Crippen LogP contribution in [0.5, 0.6) is 5.75 Å². The number of aliphatic hydroxyl groups is 2. The number of methoxy groups -OCH3 is 1. The first kappa shape index (κ1) is 32.6. The van der Waals surface area contributed by atoms with Crippen LogP contribution in [-0.2, 0) is 28.7 Å². The zero-order valence-corrected chi connectivity index (χ0v) is 24.7. The lowest BCUT2D eigenvalue weighted by Gasteiger charge is -2.29. The number of aliphatic hydroxyl groups excluding tert-OH is 2. The molecule has 1 aromatic rings. The van der Waals surface area contributed by atoms with Crippen LogP contribution in [0.2, 0.25) is 0 Å². The van der Waals surface area contributed by atoms with E-state index in [1.165, 1.54) is 7.11 Å². The molecule has 0 spiro atoms. The molecule has 13 heteroatoms. The normalized spacial score (nSPS) is 22.8. The van der Waals surface area contributed by atoms with Gasteiger partial charge in [-0.1, -0.05) is 23.8 Å². The second-order valence-corrected chi connectivity index (χ2v) is 11.3. The minimum atomic E-state index is -1.56. The van der Waals surface area contributed by atoms with Gasteiger partial charge in [0.15, 0.2) is 5.78 Å². The molecule has 43 heavy (non-hydrogen) atoms. The van der Waals surface area contributed by atoms with Gasteiger partial charge in [0, 0.05) is 13.1 Å². The van der Waals surface area contributed by atoms with Gasteiger partial charge in [-0.15, -0.1) is 0 Å². The molecular weight excluding hydrogens is 560 g/mol. The fraction of sp³-hybridized carbons (Fsp3) is 0.600. The lowest BCUT2D eigenvalue weighted by atomic mass is 9.93. The number of nitrogens with zero attached hydrogens (tertiary/aromatic N) is 1. The number of carbonyl (C=O) groups is 4. The van der Waals surface area contributed by atoms with E-state index < -0.39 is 54.2 Å². The van der Waals surface area contributed by atoms with Crippen LogP contribution in [0.3, 0.4) is 0 Å². The van der Waals surface area contributed by atoms with Crippen molar-refractivity contribution in [2.75, 3.05) is 53.2 Å². The minimum Gasteiger partial charge on any atom is -0.497 e. The number of ether oxygens (including phenoxy) is 3. The Balaban J connectivity index is 1.51. The van der Waals surface area contributed by atoms with E-state index in [1.807, 2.05) is 4.90 Å². The van der Waals surface area contributed by atoms with Gasteiger partial charge in [-0.2, -0.15) is 0 Å². The number of allylic oxidation sites excluding steroid dienone is 1. The second kappa shape index (κ2) is 14.9. The molecule has 2 saturated heterocycles. The van der Waals surface area contributed by atoms with Crippen LogP contribution < -0.4 is 20.7 Å². The lowest BCUT2D eigenvalue weighted by Crippen LogP contribution is -2.59. The number of hydrogen-bond acceptors (Lipinski definition) is 10. The number of rotatable bonds is 15. The summed E-state index contributed by atoms with van der Waals surface area (Å²) in [4.78, 5) is 54.9. The highest BCUT2D eigenvalue weighted by molar-refractivity contribution is 5.98. The Morgan fingerprint density at radius 3 is 2.33 bits per heavy atom. The zero-order chi connectivity index (χ0) is 31.0. The maximum Gasteiger partial charge on any atom is 0.246 e. The number of hydrogen-bond donors (Lipinski definition) is 5. The molecule has 3 aliphatic rings. The van der Waals surface area contributed by atoms with Gasteiger partial charge in [0.05, 0.1) is 46.1 Å². The SMILES string of the molecule is COc1ccc([C@@H](O)[C@H](NC(=O)[C@H](CO)NC(=O)CN2CCOCC2)C(=O)N[C@@H](CC2=CCCC2)C(=O)[C@]2(C)CO2)cc1. The molecule has 0 saturated carbocycles. The summed E-state index contributed by atoms with van der Waals surface area (Å²) in [6.07, 6.45) is 3.49. The van der Waals surface area contributed by atoms with Crippen molar-refractivity contribution in [2.24, 2.45) is 0 Å². The summed E-state index contributed by atoms with van der Waals surface area (Å²) >= 11 is 0. The first-order valence-electron chi connectivity index (χ1n) is 14.6. The molecular formula is C30H42N4O9. The number of benzene rings is 1. The van der Waals surface area contributed by atoms with Gasteiger partial charge in [-0.3, -0.25) is 24.1 Å². The van der Waals surface area contributed by atoms with Crippen molar-refractivity contribution in [3.63, 3.8) is 0 Å². The number of ketones is 1. The van der Waals surface area contributed by atoms with Crippen LogP contribution in [-0.4, -0.2) is 116 Å². The third-order valence-corrected chi connectivity index (χ3v) is 7.99. The number of Topliss-reactive ketones (excluding diaryl/α,β-unsaturated/α-hetero) is 1. The molecule has 3 amide bonds. The van der Waals surface area contributed by atoms with Crippen molar-refractivity contribution in [2.45, 2.75) is 62.4 Å². The van der Waals surface area contributed by atoms with E-state index in [0.717, 1.165) is 24.8 Å².